The molecule has 1 amide bonds. The van der Waals surface area contributed by atoms with E-state index in [0.717, 1.165) is 12.1 Å². The van der Waals surface area contributed by atoms with Crippen LogP contribution in [0.15, 0.2) is 18.3 Å². The minimum Gasteiger partial charge on any atom is -0.388 e. The number of nitrogens with one attached hydrogen (secondary N) is 1. The Labute approximate surface area is 94.5 Å². The van der Waals surface area contributed by atoms with Gasteiger partial charge >= 0.3 is 0 Å². The van der Waals surface area contributed by atoms with Gasteiger partial charge < -0.3 is 15.6 Å². The molecule has 0 atom stereocenters. The molecule has 0 saturated heterocycles. The third-order valence-electron chi connectivity index (χ3n) is 1.97. The number of nitrogens with zero attached hydrogens (tertiary/aromatic N) is 1. The predicted octanol–water partition coefficient (Wildman–Crippen LogP) is 0.648. The lowest BCUT2D eigenvalue weighted by Crippen LogP contribution is -2.29. The third kappa shape index (κ3) is 3.36. The lowest BCUT2D eigenvalue weighted by molar-refractivity contribution is -0.121. The smallest absolute Gasteiger partial charge is 0.239 e. The maximum Gasteiger partial charge on any atom is 0.239 e. The summed E-state index contributed by atoms with van der Waals surface area (Å²) in [7, 11) is 0. The first-order valence-corrected chi connectivity index (χ1v) is 5.27. The zero-order valence-electron chi connectivity index (χ0n) is 8.69. The van der Waals surface area contributed by atoms with Crippen LogP contribution in [0.2, 0.25) is 0 Å². The van der Waals surface area contributed by atoms with E-state index < -0.39 is 0 Å². The molecule has 0 saturated carbocycles. The average Bonchev–Trinajstić information content (AvgIpc) is 2.62. The van der Waals surface area contributed by atoms with E-state index in [1.165, 1.54) is 0 Å². The van der Waals surface area contributed by atoms with Gasteiger partial charge in [-0.3, -0.25) is 4.79 Å². The van der Waals surface area contributed by atoms with E-state index in [2.05, 4.69) is 5.32 Å². The highest BCUT2D eigenvalue weighted by atomic mass is 32.1. The molecule has 15 heavy (non-hydrogen) atoms. The molecule has 0 aromatic carbocycles. The third-order valence-corrected chi connectivity index (χ3v) is 2.18. The first kappa shape index (κ1) is 11.7. The molecule has 1 heterocycles. The summed E-state index contributed by atoms with van der Waals surface area (Å²) in [5.41, 5.74) is 6.23. The summed E-state index contributed by atoms with van der Waals surface area (Å²) in [6.07, 6.45) is 2.72. The van der Waals surface area contributed by atoms with Crippen molar-refractivity contribution in [3.8, 4) is 0 Å². The summed E-state index contributed by atoms with van der Waals surface area (Å²) in [5.74, 6) is -0.0226. The summed E-state index contributed by atoms with van der Waals surface area (Å²) in [6, 6.07) is 3.62. The van der Waals surface area contributed by atoms with Crippen molar-refractivity contribution in [2.45, 2.75) is 19.9 Å². The Morgan fingerprint density at radius 1 is 1.67 bits per heavy atom. The molecule has 5 heteroatoms. The molecule has 0 aliphatic rings. The molecule has 4 nitrogen and oxygen atoms in total. The van der Waals surface area contributed by atoms with E-state index in [-0.39, 0.29) is 12.5 Å². The molecule has 1 rings (SSSR count). The highest BCUT2D eigenvalue weighted by Gasteiger charge is 2.06. The number of amides is 1. The monoisotopic (exact) mass is 225 g/mol. The number of carbonyl (C=O) groups excluding carboxylic acids is 1. The van der Waals surface area contributed by atoms with Gasteiger partial charge in [0.1, 0.15) is 11.5 Å². The van der Waals surface area contributed by atoms with Crippen LogP contribution < -0.4 is 11.1 Å². The second-order valence-corrected chi connectivity index (χ2v) is 3.68. The lowest BCUT2D eigenvalue weighted by Gasteiger charge is -2.08. The van der Waals surface area contributed by atoms with E-state index in [0.29, 0.717) is 11.5 Å². The number of hydrogen-bond acceptors (Lipinski definition) is 2. The molecule has 0 unspecified atom stereocenters. The summed E-state index contributed by atoms with van der Waals surface area (Å²) in [6.45, 7) is 2.97. The fourth-order valence-corrected chi connectivity index (χ4v) is 1.44. The molecule has 0 aliphatic heterocycles. The van der Waals surface area contributed by atoms with Gasteiger partial charge in [0.15, 0.2) is 0 Å². The van der Waals surface area contributed by atoms with Gasteiger partial charge in [-0.2, -0.15) is 0 Å². The molecule has 3 N–H and O–H groups in total. The average molecular weight is 225 g/mol. The zero-order valence-corrected chi connectivity index (χ0v) is 9.51. The van der Waals surface area contributed by atoms with E-state index in [1.54, 1.807) is 16.8 Å². The van der Waals surface area contributed by atoms with Gasteiger partial charge in [0.05, 0.1) is 5.69 Å². The number of hydrogen-bond donors (Lipinski definition) is 2. The van der Waals surface area contributed by atoms with Crippen molar-refractivity contribution in [3.63, 3.8) is 0 Å². The van der Waals surface area contributed by atoms with Gasteiger partial charge in [-0.25, -0.2) is 0 Å². The summed E-state index contributed by atoms with van der Waals surface area (Å²) in [4.78, 5) is 11.7. The number of nitrogens with two attached hydrogens (primary N) is 1. The Morgan fingerprint density at radius 2 is 2.40 bits per heavy atom. The molecule has 1 aromatic rings. The highest BCUT2D eigenvalue weighted by molar-refractivity contribution is 7.80. The van der Waals surface area contributed by atoms with Crippen LogP contribution in [0, 0.1) is 0 Å². The molecule has 0 aliphatic carbocycles. The van der Waals surface area contributed by atoms with Gasteiger partial charge in [0.2, 0.25) is 5.91 Å². The van der Waals surface area contributed by atoms with Gasteiger partial charge in [0.25, 0.3) is 0 Å². The van der Waals surface area contributed by atoms with Crippen LogP contribution in [-0.4, -0.2) is 22.0 Å². The van der Waals surface area contributed by atoms with Crippen LogP contribution in [-0.2, 0) is 11.3 Å². The van der Waals surface area contributed by atoms with Crippen LogP contribution in [0.5, 0.6) is 0 Å². The summed E-state index contributed by atoms with van der Waals surface area (Å²) >= 11 is 4.87. The minimum absolute atomic E-state index is 0.0226. The van der Waals surface area contributed by atoms with Gasteiger partial charge in [-0.05, 0) is 18.6 Å². The minimum atomic E-state index is -0.0226. The maximum atomic E-state index is 11.4. The molecule has 0 spiro atoms. The summed E-state index contributed by atoms with van der Waals surface area (Å²) < 4.78 is 1.74. The maximum absolute atomic E-state index is 11.4. The van der Waals surface area contributed by atoms with Crippen molar-refractivity contribution >= 4 is 23.1 Å². The summed E-state index contributed by atoms with van der Waals surface area (Å²) in [5, 5.41) is 2.79. The fourth-order valence-electron chi connectivity index (χ4n) is 1.25. The van der Waals surface area contributed by atoms with Gasteiger partial charge in [0, 0.05) is 12.7 Å². The number of aromatic nitrogens is 1. The number of rotatable bonds is 5. The van der Waals surface area contributed by atoms with Crippen LogP contribution >= 0.6 is 12.2 Å². The molecule has 0 bridgehead atoms. The molecular formula is C10H15N3OS. The first-order valence-electron chi connectivity index (χ1n) is 4.86. The van der Waals surface area contributed by atoms with Crippen molar-refractivity contribution in [1.29, 1.82) is 0 Å². The van der Waals surface area contributed by atoms with E-state index in [1.807, 2.05) is 13.0 Å². The van der Waals surface area contributed by atoms with Crippen molar-refractivity contribution in [3.05, 3.63) is 24.0 Å². The predicted molar refractivity (Wildman–Crippen MR) is 63.6 cm³/mol. The quantitative estimate of drug-likeness (QED) is 0.723. The Hall–Kier alpha value is -1.36. The van der Waals surface area contributed by atoms with Crippen molar-refractivity contribution in [2.75, 3.05) is 6.54 Å². The van der Waals surface area contributed by atoms with Crippen molar-refractivity contribution in [2.24, 2.45) is 5.73 Å². The van der Waals surface area contributed by atoms with Crippen LogP contribution in [0.25, 0.3) is 0 Å². The Kier molecular flexibility index (Phi) is 4.30. The SMILES string of the molecule is CCCNC(=O)Cn1cccc1C(N)=S. The van der Waals surface area contributed by atoms with E-state index in [9.17, 15) is 4.79 Å². The first-order chi connectivity index (χ1) is 7.15. The Balaban J connectivity index is 2.60. The van der Waals surface area contributed by atoms with Crippen LogP contribution in [0.3, 0.4) is 0 Å². The second kappa shape index (κ2) is 5.50. The number of carbonyl (C=O) groups is 1. The molecule has 0 radical (unpaired) electrons. The Bertz CT molecular complexity index is 359. The molecular weight excluding hydrogens is 210 g/mol. The largest absolute Gasteiger partial charge is 0.388 e. The Morgan fingerprint density at radius 3 is 3.00 bits per heavy atom. The van der Waals surface area contributed by atoms with Gasteiger partial charge in [-0.15, -0.1) is 0 Å². The standard InChI is InChI=1S/C10H15N3OS/c1-2-5-12-9(14)7-13-6-3-4-8(13)10(11)15/h3-4,6H,2,5,7H2,1H3,(H2,11,15)(H,12,14). The van der Waals surface area contributed by atoms with Crippen LogP contribution in [0.1, 0.15) is 19.0 Å². The topological polar surface area (TPSA) is 60.0 Å². The van der Waals surface area contributed by atoms with Crippen molar-refractivity contribution < 1.29 is 4.79 Å². The lowest BCUT2D eigenvalue weighted by atomic mass is 10.4. The van der Waals surface area contributed by atoms with Crippen molar-refractivity contribution in [1.82, 2.24) is 9.88 Å². The second-order valence-electron chi connectivity index (χ2n) is 3.24. The zero-order chi connectivity index (χ0) is 11.3. The van der Waals surface area contributed by atoms with E-state index >= 15 is 0 Å². The van der Waals surface area contributed by atoms with Gasteiger partial charge in [-0.1, -0.05) is 19.1 Å². The normalized spacial score (nSPS) is 9.93. The van der Waals surface area contributed by atoms with E-state index in [4.69, 9.17) is 18.0 Å². The number of thiocarbonyl (C=S) groups is 1. The fraction of sp³-hybridized carbons (Fsp3) is 0.400. The van der Waals surface area contributed by atoms with Crippen LogP contribution in [0.4, 0.5) is 0 Å². The highest BCUT2D eigenvalue weighted by Crippen LogP contribution is 2.01. The molecule has 82 valence electrons. The molecule has 0 fully saturated rings. The molecule has 1 aromatic heterocycles.